The Balaban J connectivity index is 2.60. The zero-order valence-electron chi connectivity index (χ0n) is 5.77. The van der Waals surface area contributed by atoms with Crippen LogP contribution in [0.25, 0.3) is 0 Å². The van der Waals surface area contributed by atoms with E-state index in [9.17, 15) is 0 Å². The molecule has 0 rings (SSSR count). The number of rotatable bonds is 6. The van der Waals surface area contributed by atoms with Crippen LogP contribution in [0.5, 0.6) is 0 Å². The molecule has 0 amide bonds. The third-order valence-electron chi connectivity index (χ3n) is 1.07. The van der Waals surface area contributed by atoms with Crippen LogP contribution in [0.15, 0.2) is 0 Å². The van der Waals surface area contributed by atoms with Gasteiger partial charge in [-0.15, -0.1) is 0 Å². The number of nitrogens with two attached hydrogens (primary N) is 1. The molecule has 0 aliphatic carbocycles. The Hall–Kier alpha value is 0.270. The molecule has 2 nitrogen and oxygen atoms in total. The summed E-state index contributed by atoms with van der Waals surface area (Å²) >= 11 is 4.08. The minimum atomic E-state index is 0.786. The standard InChI is InChI=1S/C6H16N2S/c7-3-1-4-8-5-2-6-9/h8-9H,1-7H2. The third kappa shape index (κ3) is 8.27. The molecule has 0 unspecified atom stereocenters. The minimum absolute atomic E-state index is 0.786. The summed E-state index contributed by atoms with van der Waals surface area (Å²) in [5, 5.41) is 3.26. The molecule has 0 atom stereocenters. The van der Waals surface area contributed by atoms with E-state index in [0.717, 1.165) is 38.2 Å². The van der Waals surface area contributed by atoms with Crippen LogP contribution >= 0.6 is 12.6 Å². The van der Waals surface area contributed by atoms with Crippen LogP contribution in [0.2, 0.25) is 0 Å². The molecule has 0 radical (unpaired) electrons. The lowest BCUT2D eigenvalue weighted by molar-refractivity contribution is 0.648. The van der Waals surface area contributed by atoms with Gasteiger partial charge in [0, 0.05) is 0 Å². The molecule has 3 heteroatoms. The van der Waals surface area contributed by atoms with E-state index in [1.807, 2.05) is 0 Å². The van der Waals surface area contributed by atoms with Crippen molar-refractivity contribution < 1.29 is 0 Å². The predicted molar refractivity (Wildman–Crippen MR) is 45.0 cm³/mol. The Labute approximate surface area is 62.6 Å². The van der Waals surface area contributed by atoms with Gasteiger partial charge in [0.2, 0.25) is 0 Å². The zero-order valence-corrected chi connectivity index (χ0v) is 6.66. The van der Waals surface area contributed by atoms with Gasteiger partial charge in [-0.1, -0.05) is 0 Å². The lowest BCUT2D eigenvalue weighted by Gasteiger charge is -1.99. The Morgan fingerprint density at radius 1 is 1.22 bits per heavy atom. The van der Waals surface area contributed by atoms with E-state index in [0.29, 0.717) is 0 Å². The van der Waals surface area contributed by atoms with E-state index >= 15 is 0 Å². The van der Waals surface area contributed by atoms with Gasteiger partial charge in [-0.3, -0.25) is 0 Å². The molecule has 3 N–H and O–H groups in total. The summed E-state index contributed by atoms with van der Waals surface area (Å²) < 4.78 is 0. The average Bonchev–Trinajstić information content (AvgIpc) is 1.89. The first-order valence-corrected chi connectivity index (χ1v) is 4.06. The number of nitrogens with one attached hydrogen (secondary N) is 1. The number of hydrogen-bond donors (Lipinski definition) is 3. The van der Waals surface area contributed by atoms with E-state index in [-0.39, 0.29) is 0 Å². The summed E-state index contributed by atoms with van der Waals surface area (Å²) in [6.45, 7) is 2.90. The van der Waals surface area contributed by atoms with Gasteiger partial charge >= 0.3 is 0 Å². The number of thiol groups is 1. The van der Waals surface area contributed by atoms with E-state index in [2.05, 4.69) is 17.9 Å². The summed E-state index contributed by atoms with van der Waals surface area (Å²) in [7, 11) is 0. The fraction of sp³-hybridized carbons (Fsp3) is 1.00. The first-order valence-electron chi connectivity index (χ1n) is 3.43. The van der Waals surface area contributed by atoms with Gasteiger partial charge < -0.3 is 11.1 Å². The molecule has 0 aromatic rings. The normalized spacial score (nSPS) is 10.0. The minimum Gasteiger partial charge on any atom is -0.330 e. The zero-order chi connectivity index (χ0) is 6.95. The second kappa shape index (κ2) is 8.27. The maximum absolute atomic E-state index is 5.29. The van der Waals surface area contributed by atoms with Crippen LogP contribution in [0.3, 0.4) is 0 Å². The Bertz CT molecular complexity index is 44.3. The fourth-order valence-electron chi connectivity index (χ4n) is 0.556. The molecular weight excluding hydrogens is 132 g/mol. The van der Waals surface area contributed by atoms with Crippen molar-refractivity contribution in [3.8, 4) is 0 Å². The molecule has 0 saturated carbocycles. The quantitative estimate of drug-likeness (QED) is 0.373. The van der Waals surface area contributed by atoms with Crippen LogP contribution in [0, 0.1) is 0 Å². The molecule has 0 aromatic carbocycles. The van der Waals surface area contributed by atoms with Crippen molar-refractivity contribution in [2.75, 3.05) is 25.4 Å². The molecule has 0 aromatic heterocycles. The second-order valence-electron chi connectivity index (χ2n) is 1.97. The van der Waals surface area contributed by atoms with Gasteiger partial charge in [-0.05, 0) is 38.2 Å². The Kier molecular flexibility index (Phi) is 8.52. The highest BCUT2D eigenvalue weighted by atomic mass is 32.1. The molecule has 0 fully saturated rings. The highest BCUT2D eigenvalue weighted by Crippen LogP contribution is 1.79. The van der Waals surface area contributed by atoms with E-state index in [1.165, 1.54) is 0 Å². The second-order valence-corrected chi connectivity index (χ2v) is 2.42. The van der Waals surface area contributed by atoms with Gasteiger partial charge in [0.15, 0.2) is 0 Å². The largest absolute Gasteiger partial charge is 0.330 e. The molecule has 0 bridgehead atoms. The van der Waals surface area contributed by atoms with E-state index in [1.54, 1.807) is 0 Å². The maximum Gasteiger partial charge on any atom is -0.00369 e. The van der Waals surface area contributed by atoms with Gasteiger partial charge in [0.25, 0.3) is 0 Å². The molecular formula is C6H16N2S. The molecule has 0 heterocycles. The van der Waals surface area contributed by atoms with E-state index < -0.39 is 0 Å². The SMILES string of the molecule is NCCCNCCCS. The van der Waals surface area contributed by atoms with Gasteiger partial charge in [-0.25, -0.2) is 0 Å². The topological polar surface area (TPSA) is 38.0 Å². The van der Waals surface area contributed by atoms with Crippen LogP contribution in [0.4, 0.5) is 0 Å². The van der Waals surface area contributed by atoms with Crippen molar-refractivity contribution in [2.24, 2.45) is 5.73 Å². The maximum atomic E-state index is 5.29. The highest BCUT2D eigenvalue weighted by Gasteiger charge is 1.83. The Morgan fingerprint density at radius 2 is 1.89 bits per heavy atom. The Morgan fingerprint density at radius 3 is 2.44 bits per heavy atom. The van der Waals surface area contributed by atoms with Gasteiger partial charge in [0.05, 0.1) is 0 Å². The van der Waals surface area contributed by atoms with Crippen molar-refractivity contribution in [1.29, 1.82) is 0 Å². The average molecular weight is 148 g/mol. The summed E-state index contributed by atoms with van der Waals surface area (Å²) in [5.74, 6) is 0.968. The van der Waals surface area contributed by atoms with Gasteiger partial charge in [0.1, 0.15) is 0 Å². The van der Waals surface area contributed by atoms with Crippen molar-refractivity contribution in [1.82, 2.24) is 5.32 Å². The predicted octanol–water partition coefficient (Wildman–Crippen LogP) is 0.245. The van der Waals surface area contributed by atoms with Crippen molar-refractivity contribution in [3.05, 3.63) is 0 Å². The molecule has 0 aliphatic heterocycles. The van der Waals surface area contributed by atoms with Crippen LogP contribution < -0.4 is 11.1 Å². The molecule has 9 heavy (non-hydrogen) atoms. The summed E-state index contributed by atoms with van der Waals surface area (Å²) in [4.78, 5) is 0. The van der Waals surface area contributed by atoms with Gasteiger partial charge in [-0.2, -0.15) is 12.6 Å². The monoisotopic (exact) mass is 148 g/mol. The van der Waals surface area contributed by atoms with Crippen LogP contribution in [-0.2, 0) is 0 Å². The van der Waals surface area contributed by atoms with Crippen molar-refractivity contribution in [2.45, 2.75) is 12.8 Å². The van der Waals surface area contributed by atoms with Crippen molar-refractivity contribution in [3.63, 3.8) is 0 Å². The lowest BCUT2D eigenvalue weighted by atomic mass is 10.4. The summed E-state index contributed by atoms with van der Waals surface area (Å²) in [5.41, 5.74) is 5.29. The fourth-order valence-corrected chi connectivity index (χ4v) is 0.714. The summed E-state index contributed by atoms with van der Waals surface area (Å²) in [6, 6.07) is 0. The first-order chi connectivity index (χ1) is 4.41. The third-order valence-corrected chi connectivity index (χ3v) is 1.39. The molecule has 56 valence electrons. The summed E-state index contributed by atoms with van der Waals surface area (Å²) in [6.07, 6.45) is 2.22. The number of hydrogen-bond acceptors (Lipinski definition) is 3. The first kappa shape index (κ1) is 9.27. The lowest BCUT2D eigenvalue weighted by Crippen LogP contribution is -2.19. The van der Waals surface area contributed by atoms with Crippen LogP contribution in [-0.4, -0.2) is 25.4 Å². The molecule has 0 aliphatic rings. The van der Waals surface area contributed by atoms with Crippen LogP contribution in [0.1, 0.15) is 12.8 Å². The molecule has 0 saturated heterocycles. The smallest absolute Gasteiger partial charge is 0.00369 e. The highest BCUT2D eigenvalue weighted by molar-refractivity contribution is 7.80. The van der Waals surface area contributed by atoms with E-state index in [4.69, 9.17) is 5.73 Å². The molecule has 0 spiro atoms. The van der Waals surface area contributed by atoms with Crippen molar-refractivity contribution >= 4 is 12.6 Å².